The number of aryl methyl sites for hydroxylation is 1. The summed E-state index contributed by atoms with van der Waals surface area (Å²) < 4.78 is 20.5. The normalized spacial score (nSPS) is 16.5. The Bertz CT molecular complexity index is 1230. The molecule has 1 aliphatic heterocycles. The van der Waals surface area contributed by atoms with Gasteiger partial charge in [-0.1, -0.05) is 50.6 Å². The monoisotopic (exact) mass is 534 g/mol. The molecule has 39 heavy (non-hydrogen) atoms. The van der Waals surface area contributed by atoms with Crippen molar-refractivity contribution in [2.24, 2.45) is 5.92 Å². The predicted molar refractivity (Wildman–Crippen MR) is 150 cm³/mol. The largest absolute Gasteiger partial charge is 0.385 e. The molecule has 0 spiro atoms. The zero-order valence-corrected chi connectivity index (χ0v) is 23.6. The summed E-state index contributed by atoms with van der Waals surface area (Å²) in [4.78, 5) is 34.6. The van der Waals surface area contributed by atoms with E-state index in [0.717, 1.165) is 11.1 Å². The second kappa shape index (κ2) is 14.0. The van der Waals surface area contributed by atoms with E-state index in [1.54, 1.807) is 40.1 Å². The minimum Gasteiger partial charge on any atom is -0.385 e. The van der Waals surface area contributed by atoms with Gasteiger partial charge in [0, 0.05) is 57.6 Å². The van der Waals surface area contributed by atoms with Crippen LogP contribution in [0.1, 0.15) is 55.6 Å². The zero-order chi connectivity index (χ0) is 28.5. The van der Waals surface area contributed by atoms with E-state index in [1.807, 2.05) is 36.1 Å². The van der Waals surface area contributed by atoms with E-state index in [4.69, 9.17) is 4.74 Å². The summed E-state index contributed by atoms with van der Waals surface area (Å²) in [6.45, 7) is 12.5. The molecule has 7 nitrogen and oxygen atoms in total. The molecule has 0 radical (unpaired) electrons. The number of carbonyl (C=O) groups excluding carboxylic acids is 2. The van der Waals surface area contributed by atoms with Crippen molar-refractivity contribution in [1.82, 2.24) is 20.1 Å². The maximum atomic E-state index is 15.2. The number of carbonyl (C=O) groups is 2. The molecule has 1 aromatic carbocycles. The average Bonchev–Trinajstić information content (AvgIpc) is 2.92. The van der Waals surface area contributed by atoms with Crippen LogP contribution >= 0.6 is 0 Å². The van der Waals surface area contributed by atoms with E-state index in [1.165, 1.54) is 4.90 Å². The van der Waals surface area contributed by atoms with Crippen LogP contribution in [0.2, 0.25) is 0 Å². The molecule has 3 rings (SSSR count). The molecule has 1 aromatic heterocycles. The SMILES string of the molecule is C=C1CN([C@H](CCOC)c2nccc(C)c2F)C[C@H](C(=O)NCc2ccc(CC#CC)cc2)N1C(=O)C(C)C. The molecule has 2 atom stereocenters. The second-order valence-electron chi connectivity index (χ2n) is 10.1. The number of hydrogen-bond donors (Lipinski definition) is 1. The van der Waals surface area contributed by atoms with Crippen LogP contribution in [0.5, 0.6) is 0 Å². The van der Waals surface area contributed by atoms with Crippen molar-refractivity contribution in [3.8, 4) is 11.8 Å². The van der Waals surface area contributed by atoms with Crippen molar-refractivity contribution < 1.29 is 18.7 Å². The van der Waals surface area contributed by atoms with Gasteiger partial charge in [-0.25, -0.2) is 4.39 Å². The Balaban J connectivity index is 1.86. The van der Waals surface area contributed by atoms with Crippen molar-refractivity contribution in [2.75, 3.05) is 26.8 Å². The van der Waals surface area contributed by atoms with Gasteiger partial charge < -0.3 is 15.0 Å². The number of hydrogen-bond acceptors (Lipinski definition) is 5. The Hall–Kier alpha value is -3.54. The number of aromatic nitrogens is 1. The number of rotatable bonds is 10. The molecule has 1 N–H and O–H groups in total. The molecule has 1 aliphatic rings. The van der Waals surface area contributed by atoms with E-state index >= 15 is 4.39 Å². The minimum atomic E-state index is -0.821. The maximum absolute atomic E-state index is 15.2. The Morgan fingerprint density at radius 1 is 1.23 bits per heavy atom. The summed E-state index contributed by atoms with van der Waals surface area (Å²) in [6, 6.07) is 8.27. The van der Waals surface area contributed by atoms with Gasteiger partial charge in [0.25, 0.3) is 0 Å². The summed E-state index contributed by atoms with van der Waals surface area (Å²) >= 11 is 0. The van der Waals surface area contributed by atoms with E-state index < -0.39 is 12.1 Å². The average molecular weight is 535 g/mol. The van der Waals surface area contributed by atoms with Gasteiger partial charge in [0.05, 0.1) is 11.7 Å². The second-order valence-corrected chi connectivity index (χ2v) is 10.1. The standard InChI is InChI=1S/C31H39FN4O3/c1-7-8-9-24-10-12-25(13-11-24)18-34-30(37)27-20-35(19-23(5)36(27)31(38)21(2)3)26(15-17-39-6)29-28(32)22(4)14-16-33-29/h10-14,16,21,26-27H,5,9,15,17-20H2,1-4,6H3,(H,34,37)/t26-,27-/m1/s1. The molecule has 8 heteroatoms. The van der Waals surface area contributed by atoms with Crippen LogP contribution in [-0.4, -0.2) is 59.4 Å². The first-order valence-electron chi connectivity index (χ1n) is 13.3. The molecule has 0 bridgehead atoms. The van der Waals surface area contributed by atoms with Crippen LogP contribution < -0.4 is 5.32 Å². The van der Waals surface area contributed by atoms with Crippen molar-refractivity contribution in [1.29, 1.82) is 0 Å². The van der Waals surface area contributed by atoms with Crippen molar-refractivity contribution in [3.63, 3.8) is 0 Å². The fourth-order valence-corrected chi connectivity index (χ4v) is 4.71. The van der Waals surface area contributed by atoms with Gasteiger partial charge in [0.15, 0.2) is 0 Å². The number of methoxy groups -OCH3 is 1. The van der Waals surface area contributed by atoms with Gasteiger partial charge in [-0.3, -0.25) is 19.5 Å². The fraction of sp³-hybridized carbons (Fsp3) is 0.452. The van der Waals surface area contributed by atoms with Crippen LogP contribution in [-0.2, 0) is 27.3 Å². The molecule has 1 saturated heterocycles. The molecule has 2 aromatic rings. The third-order valence-electron chi connectivity index (χ3n) is 6.90. The number of pyridine rings is 1. The predicted octanol–water partition coefficient (Wildman–Crippen LogP) is 4.17. The molecule has 0 unspecified atom stereocenters. The smallest absolute Gasteiger partial charge is 0.244 e. The summed E-state index contributed by atoms with van der Waals surface area (Å²) in [7, 11) is 1.59. The highest BCUT2D eigenvalue weighted by Crippen LogP contribution is 2.32. The molecule has 2 amide bonds. The number of nitrogens with one attached hydrogen (secondary N) is 1. The van der Waals surface area contributed by atoms with Crippen LogP contribution in [0.3, 0.4) is 0 Å². The number of halogens is 1. The highest BCUT2D eigenvalue weighted by atomic mass is 19.1. The summed E-state index contributed by atoms with van der Waals surface area (Å²) in [5.74, 6) is 4.78. The lowest BCUT2D eigenvalue weighted by atomic mass is 9.99. The first-order chi connectivity index (χ1) is 18.7. The Morgan fingerprint density at radius 2 is 1.92 bits per heavy atom. The molecular weight excluding hydrogens is 495 g/mol. The van der Waals surface area contributed by atoms with Crippen molar-refractivity contribution in [2.45, 2.75) is 59.2 Å². The van der Waals surface area contributed by atoms with Crippen molar-refractivity contribution >= 4 is 11.8 Å². The van der Waals surface area contributed by atoms with Gasteiger partial charge in [-0.15, -0.1) is 5.92 Å². The Kier molecular flexibility index (Phi) is 10.8. The van der Waals surface area contributed by atoms with Gasteiger partial charge >= 0.3 is 0 Å². The summed E-state index contributed by atoms with van der Waals surface area (Å²) in [5.41, 5.74) is 3.34. The van der Waals surface area contributed by atoms with Crippen LogP contribution in [0, 0.1) is 30.5 Å². The van der Waals surface area contributed by atoms with Gasteiger partial charge in [0.1, 0.15) is 11.9 Å². The number of ether oxygens (including phenoxy) is 1. The highest BCUT2D eigenvalue weighted by Gasteiger charge is 2.41. The van der Waals surface area contributed by atoms with E-state index in [9.17, 15) is 9.59 Å². The zero-order valence-electron chi connectivity index (χ0n) is 23.6. The number of nitrogens with zero attached hydrogens (tertiary/aromatic N) is 3. The Labute approximate surface area is 231 Å². The summed E-state index contributed by atoms with van der Waals surface area (Å²) in [6.07, 6.45) is 2.74. The van der Waals surface area contributed by atoms with Crippen LogP contribution in [0.4, 0.5) is 4.39 Å². The Morgan fingerprint density at radius 3 is 2.56 bits per heavy atom. The molecule has 0 saturated carbocycles. The number of amides is 2. The lowest BCUT2D eigenvalue weighted by Crippen LogP contribution is -2.60. The van der Waals surface area contributed by atoms with E-state index in [-0.39, 0.29) is 30.1 Å². The quantitative estimate of drug-likeness (QED) is 0.463. The highest BCUT2D eigenvalue weighted by molar-refractivity contribution is 5.90. The topological polar surface area (TPSA) is 74.8 Å². The van der Waals surface area contributed by atoms with Crippen LogP contribution in [0.15, 0.2) is 48.8 Å². The molecule has 1 fully saturated rings. The minimum absolute atomic E-state index is 0.172. The van der Waals surface area contributed by atoms with Crippen molar-refractivity contribution in [3.05, 3.63) is 77.0 Å². The van der Waals surface area contributed by atoms with Crippen LogP contribution in [0.25, 0.3) is 0 Å². The lowest BCUT2D eigenvalue weighted by molar-refractivity contribution is -0.143. The first-order valence-corrected chi connectivity index (χ1v) is 13.3. The molecular formula is C31H39FN4O3. The number of piperazine rings is 1. The molecule has 2 heterocycles. The lowest BCUT2D eigenvalue weighted by Gasteiger charge is -2.45. The molecule has 0 aliphatic carbocycles. The molecule has 208 valence electrons. The van der Waals surface area contributed by atoms with E-state index in [2.05, 4.69) is 28.7 Å². The third kappa shape index (κ3) is 7.53. The summed E-state index contributed by atoms with van der Waals surface area (Å²) in [5, 5.41) is 3.00. The third-order valence-corrected chi connectivity index (χ3v) is 6.90. The fourth-order valence-electron chi connectivity index (χ4n) is 4.71. The number of benzene rings is 1. The first kappa shape index (κ1) is 30.0. The van der Waals surface area contributed by atoms with Gasteiger partial charge in [0.2, 0.25) is 11.8 Å². The van der Waals surface area contributed by atoms with Gasteiger partial charge in [-0.2, -0.15) is 0 Å². The van der Waals surface area contributed by atoms with Gasteiger partial charge in [-0.05, 0) is 43.0 Å². The maximum Gasteiger partial charge on any atom is 0.244 e. The van der Waals surface area contributed by atoms with E-state index in [0.29, 0.717) is 49.5 Å².